The van der Waals surface area contributed by atoms with E-state index in [9.17, 15) is 9.59 Å². The number of aryl methyl sites for hydroxylation is 2. The maximum Gasteiger partial charge on any atom is 0.335 e. The fourth-order valence-electron chi connectivity index (χ4n) is 2.17. The standard InChI is InChI=1S/C20H20O5/c1-4-19(21)24-16-8-5-15(6-9-16)7-12-20(22)25-18-11-10-17(23-3)13-14(18)2/h4-6,8-11,13H,1,7,12H2,2-3H3. The second kappa shape index (κ2) is 8.68. The third-order valence-corrected chi connectivity index (χ3v) is 3.53. The van der Waals surface area contributed by atoms with E-state index in [-0.39, 0.29) is 12.4 Å². The molecule has 0 radical (unpaired) electrons. The van der Waals surface area contributed by atoms with Gasteiger partial charge in [0.15, 0.2) is 0 Å². The number of methoxy groups -OCH3 is 1. The highest BCUT2D eigenvalue weighted by Gasteiger charge is 2.09. The van der Waals surface area contributed by atoms with Crippen molar-refractivity contribution in [3.8, 4) is 17.2 Å². The van der Waals surface area contributed by atoms with E-state index in [2.05, 4.69) is 6.58 Å². The molecule has 0 aliphatic rings. The Morgan fingerprint density at radius 2 is 1.72 bits per heavy atom. The maximum atomic E-state index is 12.0. The zero-order valence-corrected chi connectivity index (χ0v) is 14.3. The van der Waals surface area contributed by atoms with Gasteiger partial charge in [-0.05, 0) is 54.8 Å². The summed E-state index contributed by atoms with van der Waals surface area (Å²) in [6.07, 6.45) is 1.88. The summed E-state index contributed by atoms with van der Waals surface area (Å²) in [5, 5.41) is 0. The molecule has 0 aliphatic carbocycles. The van der Waals surface area contributed by atoms with Crippen LogP contribution < -0.4 is 14.2 Å². The predicted octanol–water partition coefficient (Wildman–Crippen LogP) is 3.63. The van der Waals surface area contributed by atoms with Crippen molar-refractivity contribution in [3.63, 3.8) is 0 Å². The number of ether oxygens (including phenoxy) is 3. The molecule has 0 bridgehead atoms. The highest BCUT2D eigenvalue weighted by Crippen LogP contribution is 2.23. The van der Waals surface area contributed by atoms with Gasteiger partial charge in [-0.3, -0.25) is 4.79 Å². The molecular weight excluding hydrogens is 320 g/mol. The van der Waals surface area contributed by atoms with E-state index in [0.717, 1.165) is 23.0 Å². The van der Waals surface area contributed by atoms with Crippen LogP contribution in [0.1, 0.15) is 17.5 Å². The summed E-state index contributed by atoms with van der Waals surface area (Å²) in [5.74, 6) is 0.860. The van der Waals surface area contributed by atoms with Gasteiger partial charge in [-0.15, -0.1) is 0 Å². The van der Waals surface area contributed by atoms with Gasteiger partial charge in [0.1, 0.15) is 17.2 Å². The smallest absolute Gasteiger partial charge is 0.335 e. The van der Waals surface area contributed by atoms with Crippen LogP contribution >= 0.6 is 0 Å². The number of benzene rings is 2. The first-order valence-corrected chi connectivity index (χ1v) is 7.80. The predicted molar refractivity (Wildman–Crippen MR) is 94.0 cm³/mol. The maximum absolute atomic E-state index is 12.0. The van der Waals surface area contributed by atoms with Gasteiger partial charge in [-0.1, -0.05) is 18.7 Å². The van der Waals surface area contributed by atoms with Crippen molar-refractivity contribution in [1.29, 1.82) is 0 Å². The van der Waals surface area contributed by atoms with Gasteiger partial charge in [0, 0.05) is 12.5 Å². The summed E-state index contributed by atoms with van der Waals surface area (Å²) in [4.78, 5) is 23.1. The van der Waals surface area contributed by atoms with Gasteiger partial charge in [0.25, 0.3) is 0 Å². The lowest BCUT2D eigenvalue weighted by Gasteiger charge is -2.09. The van der Waals surface area contributed by atoms with Crippen LogP contribution in [0.4, 0.5) is 0 Å². The van der Waals surface area contributed by atoms with Crippen LogP contribution in [-0.2, 0) is 16.0 Å². The van der Waals surface area contributed by atoms with Crippen molar-refractivity contribution < 1.29 is 23.8 Å². The highest BCUT2D eigenvalue weighted by atomic mass is 16.5. The third-order valence-electron chi connectivity index (χ3n) is 3.53. The van der Waals surface area contributed by atoms with Crippen LogP contribution in [0.5, 0.6) is 17.2 Å². The Kier molecular flexibility index (Phi) is 6.34. The Labute approximate surface area is 146 Å². The zero-order chi connectivity index (χ0) is 18.2. The Morgan fingerprint density at radius 3 is 2.32 bits per heavy atom. The molecule has 0 aromatic heterocycles. The molecule has 5 heteroatoms. The molecule has 0 N–H and O–H groups in total. The van der Waals surface area contributed by atoms with Crippen LogP contribution in [0.15, 0.2) is 55.1 Å². The molecule has 0 unspecified atom stereocenters. The summed E-state index contributed by atoms with van der Waals surface area (Å²) in [7, 11) is 1.59. The number of hydrogen-bond acceptors (Lipinski definition) is 5. The molecule has 0 saturated heterocycles. The van der Waals surface area contributed by atoms with Crippen molar-refractivity contribution in [3.05, 3.63) is 66.2 Å². The van der Waals surface area contributed by atoms with Crippen LogP contribution in [0.2, 0.25) is 0 Å². The molecule has 0 spiro atoms. The minimum absolute atomic E-state index is 0.247. The van der Waals surface area contributed by atoms with E-state index in [1.165, 1.54) is 0 Å². The van der Waals surface area contributed by atoms with E-state index in [0.29, 0.717) is 17.9 Å². The Balaban J connectivity index is 1.87. The van der Waals surface area contributed by atoms with Gasteiger partial charge in [0.05, 0.1) is 7.11 Å². The first-order valence-electron chi connectivity index (χ1n) is 7.80. The fourth-order valence-corrected chi connectivity index (χ4v) is 2.17. The molecule has 130 valence electrons. The Hall–Kier alpha value is -3.08. The van der Waals surface area contributed by atoms with Crippen molar-refractivity contribution in [1.82, 2.24) is 0 Å². The molecule has 0 atom stereocenters. The molecule has 0 amide bonds. The van der Waals surface area contributed by atoms with E-state index in [1.54, 1.807) is 43.5 Å². The van der Waals surface area contributed by atoms with Crippen LogP contribution in [-0.4, -0.2) is 19.0 Å². The molecule has 2 rings (SSSR count). The van der Waals surface area contributed by atoms with Crippen molar-refractivity contribution >= 4 is 11.9 Å². The van der Waals surface area contributed by atoms with Crippen molar-refractivity contribution in [2.45, 2.75) is 19.8 Å². The normalized spacial score (nSPS) is 10.0. The van der Waals surface area contributed by atoms with Crippen molar-refractivity contribution in [2.24, 2.45) is 0 Å². The highest BCUT2D eigenvalue weighted by molar-refractivity contribution is 5.83. The fraction of sp³-hybridized carbons (Fsp3) is 0.200. The lowest BCUT2D eigenvalue weighted by molar-refractivity contribution is -0.134. The number of rotatable bonds is 7. The van der Waals surface area contributed by atoms with Crippen molar-refractivity contribution in [2.75, 3.05) is 7.11 Å². The topological polar surface area (TPSA) is 61.8 Å². The number of carbonyl (C=O) groups is 2. The second-order valence-corrected chi connectivity index (χ2v) is 5.37. The molecular formula is C20H20O5. The minimum atomic E-state index is -0.508. The number of esters is 2. The SMILES string of the molecule is C=CC(=O)Oc1ccc(CCC(=O)Oc2ccc(OC)cc2C)cc1. The zero-order valence-electron chi connectivity index (χ0n) is 14.3. The summed E-state index contributed by atoms with van der Waals surface area (Å²) in [5.41, 5.74) is 1.78. The van der Waals surface area contributed by atoms with Gasteiger partial charge >= 0.3 is 11.9 Å². The third kappa shape index (κ3) is 5.49. The summed E-state index contributed by atoms with van der Waals surface area (Å²) >= 11 is 0. The summed E-state index contributed by atoms with van der Waals surface area (Å²) in [6, 6.07) is 12.2. The molecule has 0 fully saturated rings. The van der Waals surface area contributed by atoms with E-state index >= 15 is 0 Å². The Bertz CT molecular complexity index is 762. The lowest BCUT2D eigenvalue weighted by Crippen LogP contribution is -2.10. The largest absolute Gasteiger partial charge is 0.497 e. The second-order valence-electron chi connectivity index (χ2n) is 5.37. The van der Waals surface area contributed by atoms with Gasteiger partial charge < -0.3 is 14.2 Å². The molecule has 0 aliphatic heterocycles. The average molecular weight is 340 g/mol. The molecule has 0 saturated carbocycles. The van der Waals surface area contributed by atoms with Crippen LogP contribution in [0.3, 0.4) is 0 Å². The molecule has 2 aromatic rings. The molecule has 2 aromatic carbocycles. The molecule has 0 heterocycles. The van der Waals surface area contributed by atoms with Crippen LogP contribution in [0.25, 0.3) is 0 Å². The van der Waals surface area contributed by atoms with Crippen LogP contribution in [0, 0.1) is 6.92 Å². The molecule has 25 heavy (non-hydrogen) atoms. The minimum Gasteiger partial charge on any atom is -0.497 e. The monoisotopic (exact) mass is 340 g/mol. The van der Waals surface area contributed by atoms with Gasteiger partial charge in [0.2, 0.25) is 0 Å². The number of carbonyl (C=O) groups excluding carboxylic acids is 2. The van der Waals surface area contributed by atoms with Gasteiger partial charge in [-0.2, -0.15) is 0 Å². The lowest BCUT2D eigenvalue weighted by atomic mass is 10.1. The average Bonchev–Trinajstić information content (AvgIpc) is 2.62. The van der Waals surface area contributed by atoms with E-state index in [4.69, 9.17) is 14.2 Å². The quantitative estimate of drug-likeness (QED) is 0.437. The van der Waals surface area contributed by atoms with E-state index < -0.39 is 5.97 Å². The first kappa shape index (κ1) is 18.3. The summed E-state index contributed by atoms with van der Waals surface area (Å²) in [6.45, 7) is 5.20. The first-order chi connectivity index (χ1) is 12.0. The number of hydrogen-bond donors (Lipinski definition) is 0. The summed E-state index contributed by atoms with van der Waals surface area (Å²) < 4.78 is 15.5. The Morgan fingerprint density at radius 1 is 1.04 bits per heavy atom. The van der Waals surface area contributed by atoms with Gasteiger partial charge in [-0.25, -0.2) is 4.79 Å². The van der Waals surface area contributed by atoms with E-state index in [1.807, 2.05) is 13.0 Å². The molecule has 5 nitrogen and oxygen atoms in total.